The van der Waals surface area contributed by atoms with Crippen molar-refractivity contribution in [2.75, 3.05) is 36.3 Å². The summed E-state index contributed by atoms with van der Waals surface area (Å²) in [6.07, 6.45) is -1.98. The molecule has 1 aromatic rings. The fraction of sp³-hybridized carbons (Fsp3) is 0.600. The Hall–Kier alpha value is -3.22. The standard InChI is InChI=1S/C25H33FN2O9S/c1-16(29)27(23(31)36-15-35-22(30)12-25(2,3)4)13-19-14-28(24(32)37-19)18-5-6-20(21(26)11-18)17-7-9-38(33,34)10-8-17/h5-6,11,17,19H,7-10,12-15H2,1-4H3/t19-/m0/s1. The highest BCUT2D eigenvalue weighted by atomic mass is 32.2. The quantitative estimate of drug-likeness (QED) is 0.366. The molecule has 0 spiro atoms. The van der Waals surface area contributed by atoms with Gasteiger partial charge in [0.05, 0.1) is 36.7 Å². The van der Waals surface area contributed by atoms with Gasteiger partial charge < -0.3 is 14.2 Å². The molecule has 2 aliphatic heterocycles. The van der Waals surface area contributed by atoms with Crippen LogP contribution in [0.25, 0.3) is 0 Å². The number of amides is 3. The number of nitrogens with zero attached hydrogens (tertiary/aromatic N) is 2. The van der Waals surface area contributed by atoms with E-state index in [0.29, 0.717) is 18.4 Å². The molecule has 0 bridgehead atoms. The summed E-state index contributed by atoms with van der Waals surface area (Å²) in [4.78, 5) is 50.6. The number of carbonyl (C=O) groups excluding carboxylic acids is 4. The molecule has 38 heavy (non-hydrogen) atoms. The highest BCUT2D eigenvalue weighted by Gasteiger charge is 2.36. The fourth-order valence-electron chi connectivity index (χ4n) is 4.29. The van der Waals surface area contributed by atoms with Crippen LogP contribution in [0.5, 0.6) is 0 Å². The van der Waals surface area contributed by atoms with Crippen molar-refractivity contribution in [1.29, 1.82) is 0 Å². The molecule has 2 fully saturated rings. The van der Waals surface area contributed by atoms with Crippen molar-refractivity contribution in [3.63, 3.8) is 0 Å². The molecule has 0 aromatic heterocycles. The van der Waals surface area contributed by atoms with Crippen LogP contribution < -0.4 is 4.90 Å². The smallest absolute Gasteiger partial charge is 0.419 e. The number of esters is 1. The first-order chi connectivity index (χ1) is 17.6. The van der Waals surface area contributed by atoms with Gasteiger partial charge in [0.2, 0.25) is 12.7 Å². The average Bonchev–Trinajstić information content (AvgIpc) is 3.16. The van der Waals surface area contributed by atoms with Crippen LogP contribution in [0.1, 0.15) is 58.4 Å². The number of hydrogen-bond acceptors (Lipinski definition) is 9. The van der Waals surface area contributed by atoms with E-state index in [4.69, 9.17) is 14.2 Å². The number of halogens is 1. The molecule has 3 amide bonds. The number of rotatable bonds is 7. The molecule has 0 aliphatic carbocycles. The van der Waals surface area contributed by atoms with Gasteiger partial charge in [-0.05, 0) is 41.9 Å². The molecule has 11 nitrogen and oxygen atoms in total. The molecule has 3 rings (SSSR count). The highest BCUT2D eigenvalue weighted by molar-refractivity contribution is 7.91. The summed E-state index contributed by atoms with van der Waals surface area (Å²) in [5, 5.41) is 0. The first-order valence-corrected chi connectivity index (χ1v) is 14.1. The van der Waals surface area contributed by atoms with Gasteiger partial charge in [0.1, 0.15) is 21.8 Å². The van der Waals surface area contributed by atoms with Gasteiger partial charge in [0, 0.05) is 6.92 Å². The zero-order chi connectivity index (χ0) is 28.3. The average molecular weight is 557 g/mol. The fourth-order valence-corrected chi connectivity index (χ4v) is 5.78. The van der Waals surface area contributed by atoms with Crippen molar-refractivity contribution in [3.8, 4) is 0 Å². The SMILES string of the molecule is CC(=O)N(C[C@H]1CN(c2ccc(C3CCS(=O)(=O)CC3)c(F)c2)C(=O)O1)C(=O)OCOC(=O)CC(C)(C)C. The van der Waals surface area contributed by atoms with Crippen molar-refractivity contribution >= 4 is 39.6 Å². The molecular weight excluding hydrogens is 523 g/mol. The molecule has 210 valence electrons. The van der Waals surface area contributed by atoms with Crippen molar-refractivity contribution in [1.82, 2.24) is 4.90 Å². The highest BCUT2D eigenvalue weighted by Crippen LogP contribution is 2.33. The molecule has 1 atom stereocenters. The van der Waals surface area contributed by atoms with Crippen molar-refractivity contribution in [3.05, 3.63) is 29.6 Å². The first kappa shape index (κ1) is 29.3. The number of sulfone groups is 1. The van der Waals surface area contributed by atoms with Gasteiger partial charge in [-0.1, -0.05) is 26.8 Å². The monoisotopic (exact) mass is 556 g/mol. The molecule has 2 saturated heterocycles. The van der Waals surface area contributed by atoms with Crippen molar-refractivity contribution in [2.24, 2.45) is 5.41 Å². The number of imide groups is 1. The van der Waals surface area contributed by atoms with Gasteiger partial charge >= 0.3 is 18.2 Å². The number of hydrogen-bond donors (Lipinski definition) is 0. The van der Waals surface area contributed by atoms with Gasteiger partial charge in [-0.15, -0.1) is 0 Å². The van der Waals surface area contributed by atoms with Gasteiger partial charge in [-0.2, -0.15) is 0 Å². The number of benzene rings is 1. The molecule has 1 aromatic carbocycles. The van der Waals surface area contributed by atoms with Crippen LogP contribution in [0.15, 0.2) is 18.2 Å². The Balaban J connectivity index is 1.58. The van der Waals surface area contributed by atoms with E-state index >= 15 is 0 Å². The Morgan fingerprint density at radius 2 is 1.82 bits per heavy atom. The van der Waals surface area contributed by atoms with Crippen LogP contribution >= 0.6 is 0 Å². The minimum Gasteiger partial charge on any atom is -0.442 e. The van der Waals surface area contributed by atoms with Gasteiger partial charge in [-0.25, -0.2) is 27.3 Å². The maximum absolute atomic E-state index is 14.9. The Morgan fingerprint density at radius 3 is 2.39 bits per heavy atom. The normalized spacial score (nSPS) is 19.6. The Labute approximate surface area is 221 Å². The molecule has 0 unspecified atom stereocenters. The third-order valence-electron chi connectivity index (χ3n) is 6.23. The molecule has 2 aliphatic rings. The maximum Gasteiger partial charge on any atom is 0.419 e. The summed E-state index contributed by atoms with van der Waals surface area (Å²) >= 11 is 0. The number of carbonyl (C=O) groups is 4. The Kier molecular flexibility index (Phi) is 9.01. The lowest BCUT2D eigenvalue weighted by Crippen LogP contribution is -2.42. The van der Waals surface area contributed by atoms with Crippen molar-refractivity contribution in [2.45, 2.75) is 59.0 Å². The minimum absolute atomic E-state index is 0.00736. The molecule has 2 heterocycles. The van der Waals surface area contributed by atoms with E-state index in [9.17, 15) is 32.0 Å². The zero-order valence-corrected chi connectivity index (χ0v) is 22.7. The van der Waals surface area contributed by atoms with E-state index in [1.165, 1.54) is 17.0 Å². The third-order valence-corrected chi connectivity index (χ3v) is 7.94. The largest absolute Gasteiger partial charge is 0.442 e. The summed E-state index contributed by atoms with van der Waals surface area (Å²) in [5.41, 5.74) is 0.305. The van der Waals surface area contributed by atoms with E-state index < -0.39 is 52.6 Å². The van der Waals surface area contributed by atoms with Crippen LogP contribution in [-0.2, 0) is 33.6 Å². The molecule has 0 N–H and O–H groups in total. The predicted octanol–water partition coefficient (Wildman–Crippen LogP) is 3.37. The van der Waals surface area contributed by atoms with E-state index in [-0.39, 0.29) is 48.0 Å². The van der Waals surface area contributed by atoms with Crippen LogP contribution in [0.4, 0.5) is 19.7 Å². The van der Waals surface area contributed by atoms with Gasteiger partial charge in [0.15, 0.2) is 0 Å². The van der Waals surface area contributed by atoms with Crippen LogP contribution in [0.3, 0.4) is 0 Å². The third kappa shape index (κ3) is 7.89. The lowest BCUT2D eigenvalue weighted by Gasteiger charge is -2.23. The summed E-state index contributed by atoms with van der Waals surface area (Å²) in [6, 6.07) is 4.27. The number of ether oxygens (including phenoxy) is 3. The van der Waals surface area contributed by atoms with E-state index in [1.807, 2.05) is 20.8 Å². The van der Waals surface area contributed by atoms with Crippen LogP contribution in [0, 0.1) is 11.2 Å². The second-order valence-electron chi connectivity index (χ2n) is 10.7. The lowest BCUT2D eigenvalue weighted by atomic mass is 9.93. The van der Waals surface area contributed by atoms with Crippen LogP contribution in [0.2, 0.25) is 0 Å². The number of cyclic esters (lactones) is 1. The summed E-state index contributed by atoms with van der Waals surface area (Å²) < 4.78 is 53.3. The minimum atomic E-state index is -3.08. The van der Waals surface area contributed by atoms with Gasteiger partial charge in [0.25, 0.3) is 0 Å². The van der Waals surface area contributed by atoms with E-state index in [1.54, 1.807) is 6.07 Å². The van der Waals surface area contributed by atoms with Crippen molar-refractivity contribution < 1.29 is 46.2 Å². The lowest BCUT2D eigenvalue weighted by molar-refractivity contribution is -0.154. The summed E-state index contributed by atoms with van der Waals surface area (Å²) in [5.74, 6) is -2.00. The summed E-state index contributed by atoms with van der Waals surface area (Å²) in [7, 11) is -3.08. The second-order valence-corrected chi connectivity index (χ2v) is 13.0. The van der Waals surface area contributed by atoms with Crippen LogP contribution in [-0.4, -0.2) is 74.9 Å². The van der Waals surface area contributed by atoms with E-state index in [2.05, 4.69) is 0 Å². The predicted molar refractivity (Wildman–Crippen MR) is 134 cm³/mol. The first-order valence-electron chi connectivity index (χ1n) is 12.2. The maximum atomic E-state index is 14.9. The van der Waals surface area contributed by atoms with Gasteiger partial charge in [-0.3, -0.25) is 14.5 Å². The Bertz CT molecular complexity index is 1180. The molecule has 0 radical (unpaired) electrons. The topological polar surface area (TPSA) is 137 Å². The summed E-state index contributed by atoms with van der Waals surface area (Å²) in [6.45, 7) is 5.62. The number of anilines is 1. The molecular formula is C25H33FN2O9S. The molecule has 0 saturated carbocycles. The molecule has 13 heteroatoms. The van der Waals surface area contributed by atoms with E-state index in [0.717, 1.165) is 11.8 Å². The second kappa shape index (κ2) is 11.7. The Morgan fingerprint density at radius 1 is 1.16 bits per heavy atom. The zero-order valence-electron chi connectivity index (χ0n) is 21.9.